The minimum Gasteiger partial charge on any atom is -0.395 e. The van der Waals surface area contributed by atoms with Gasteiger partial charge in [-0.05, 0) is 12.1 Å². The van der Waals surface area contributed by atoms with Crippen LogP contribution in [0.4, 0.5) is 19.3 Å². The number of benzene rings is 1. The van der Waals surface area contributed by atoms with Crippen LogP contribution in [0.15, 0.2) is 16.6 Å². The predicted molar refractivity (Wildman–Crippen MR) is 62.8 cm³/mol. The van der Waals surface area contributed by atoms with Gasteiger partial charge < -0.3 is 15.3 Å². The molecule has 94 valence electrons. The van der Waals surface area contributed by atoms with Gasteiger partial charge in [-0.3, -0.25) is 0 Å². The van der Waals surface area contributed by atoms with Crippen LogP contribution in [0, 0.1) is 11.6 Å². The fourth-order valence-electron chi connectivity index (χ4n) is 1.12. The number of rotatable bonds is 3. The number of hydrogen-bond acceptors (Lipinski definition) is 2. The highest BCUT2D eigenvalue weighted by atomic mass is 79.9. The Morgan fingerprint density at radius 2 is 2.00 bits per heavy atom. The summed E-state index contributed by atoms with van der Waals surface area (Å²) in [5.74, 6) is -1.75. The van der Waals surface area contributed by atoms with Gasteiger partial charge in [-0.25, -0.2) is 13.6 Å². The third-order valence-corrected chi connectivity index (χ3v) is 2.48. The minimum atomic E-state index is -0.873. The van der Waals surface area contributed by atoms with Crippen molar-refractivity contribution in [1.29, 1.82) is 0 Å². The number of urea groups is 1. The summed E-state index contributed by atoms with van der Waals surface area (Å²) >= 11 is 2.93. The summed E-state index contributed by atoms with van der Waals surface area (Å²) in [5.41, 5.74) is -0.511. The SMILES string of the molecule is CN(CCO)C(=O)Nc1c(F)cc(Br)cc1F. The summed E-state index contributed by atoms with van der Waals surface area (Å²) < 4.78 is 27.0. The Kier molecular flexibility index (Phi) is 4.83. The average molecular weight is 309 g/mol. The maximum atomic E-state index is 13.4. The zero-order valence-electron chi connectivity index (χ0n) is 9.01. The second kappa shape index (κ2) is 5.92. The lowest BCUT2D eigenvalue weighted by Crippen LogP contribution is -2.34. The number of amides is 2. The van der Waals surface area contributed by atoms with E-state index in [1.807, 2.05) is 0 Å². The number of nitrogens with one attached hydrogen (secondary N) is 1. The van der Waals surface area contributed by atoms with Gasteiger partial charge in [0.2, 0.25) is 0 Å². The van der Waals surface area contributed by atoms with Crippen LogP contribution in [0.5, 0.6) is 0 Å². The number of aliphatic hydroxyl groups is 1. The van der Waals surface area contributed by atoms with E-state index >= 15 is 0 Å². The second-order valence-electron chi connectivity index (χ2n) is 3.32. The molecule has 0 unspecified atom stereocenters. The van der Waals surface area contributed by atoms with Crippen molar-refractivity contribution in [3.8, 4) is 0 Å². The number of aliphatic hydroxyl groups excluding tert-OH is 1. The van der Waals surface area contributed by atoms with Crippen LogP contribution in [0.1, 0.15) is 0 Å². The maximum absolute atomic E-state index is 13.4. The van der Waals surface area contributed by atoms with Crippen molar-refractivity contribution in [3.63, 3.8) is 0 Å². The van der Waals surface area contributed by atoms with Gasteiger partial charge in [0.15, 0.2) is 11.6 Å². The summed E-state index contributed by atoms with van der Waals surface area (Å²) in [4.78, 5) is 12.6. The van der Waals surface area contributed by atoms with Gasteiger partial charge in [0.25, 0.3) is 0 Å². The van der Waals surface area contributed by atoms with Crippen molar-refractivity contribution >= 4 is 27.6 Å². The molecule has 1 aromatic carbocycles. The van der Waals surface area contributed by atoms with Crippen molar-refractivity contribution in [2.75, 3.05) is 25.5 Å². The number of carbonyl (C=O) groups is 1. The van der Waals surface area contributed by atoms with E-state index in [0.717, 1.165) is 17.0 Å². The molecule has 0 heterocycles. The number of carbonyl (C=O) groups excluding carboxylic acids is 1. The van der Waals surface area contributed by atoms with Crippen molar-refractivity contribution in [1.82, 2.24) is 4.90 Å². The Morgan fingerprint density at radius 3 is 2.47 bits per heavy atom. The number of anilines is 1. The first-order valence-electron chi connectivity index (χ1n) is 4.73. The molecule has 0 saturated heterocycles. The van der Waals surface area contributed by atoms with Gasteiger partial charge in [-0.1, -0.05) is 15.9 Å². The van der Waals surface area contributed by atoms with Crippen molar-refractivity contribution in [2.24, 2.45) is 0 Å². The summed E-state index contributed by atoms with van der Waals surface area (Å²) in [7, 11) is 1.40. The highest BCUT2D eigenvalue weighted by Crippen LogP contribution is 2.23. The molecule has 17 heavy (non-hydrogen) atoms. The summed E-state index contributed by atoms with van der Waals surface area (Å²) in [6.07, 6.45) is 0. The number of hydrogen-bond donors (Lipinski definition) is 2. The molecule has 0 radical (unpaired) electrons. The third kappa shape index (κ3) is 3.64. The molecular formula is C10H11BrF2N2O2. The van der Waals surface area contributed by atoms with Gasteiger partial charge in [0.05, 0.1) is 6.61 Å². The van der Waals surface area contributed by atoms with Gasteiger partial charge in [-0.2, -0.15) is 0 Å². The second-order valence-corrected chi connectivity index (χ2v) is 4.24. The first kappa shape index (κ1) is 13.9. The molecule has 0 aliphatic rings. The Bertz CT molecular complexity index is 406. The van der Waals surface area contributed by atoms with Gasteiger partial charge >= 0.3 is 6.03 Å². The quantitative estimate of drug-likeness (QED) is 0.899. The van der Waals surface area contributed by atoms with E-state index in [-0.39, 0.29) is 17.6 Å². The predicted octanol–water partition coefficient (Wildman–Crippen LogP) is 2.18. The smallest absolute Gasteiger partial charge is 0.321 e. The van der Waals surface area contributed by atoms with Gasteiger partial charge in [0, 0.05) is 18.1 Å². The van der Waals surface area contributed by atoms with Crippen LogP contribution in [0.3, 0.4) is 0 Å². The van der Waals surface area contributed by atoms with E-state index in [9.17, 15) is 13.6 Å². The number of likely N-dealkylation sites (N-methyl/N-ethyl adjacent to an activating group) is 1. The Balaban J connectivity index is 2.85. The summed E-state index contributed by atoms with van der Waals surface area (Å²) in [6, 6.07) is 1.40. The molecule has 2 amide bonds. The topological polar surface area (TPSA) is 52.6 Å². The molecule has 2 N–H and O–H groups in total. The lowest BCUT2D eigenvalue weighted by Gasteiger charge is -2.17. The highest BCUT2D eigenvalue weighted by Gasteiger charge is 2.15. The van der Waals surface area contributed by atoms with Crippen molar-refractivity contribution in [2.45, 2.75) is 0 Å². The van der Waals surface area contributed by atoms with E-state index in [1.54, 1.807) is 0 Å². The van der Waals surface area contributed by atoms with Crippen molar-refractivity contribution in [3.05, 3.63) is 28.2 Å². The van der Waals surface area contributed by atoms with Crippen LogP contribution in [0.25, 0.3) is 0 Å². The monoisotopic (exact) mass is 308 g/mol. The third-order valence-electron chi connectivity index (χ3n) is 2.02. The molecular weight excluding hydrogens is 298 g/mol. The molecule has 0 saturated carbocycles. The maximum Gasteiger partial charge on any atom is 0.321 e. The molecule has 1 aromatic rings. The van der Waals surface area contributed by atoms with Crippen LogP contribution < -0.4 is 5.32 Å². The Labute approximate surface area is 105 Å². The van der Waals surface area contributed by atoms with Crippen LogP contribution >= 0.6 is 15.9 Å². The van der Waals surface area contributed by atoms with Crippen LogP contribution in [0.2, 0.25) is 0 Å². The highest BCUT2D eigenvalue weighted by molar-refractivity contribution is 9.10. The Hall–Kier alpha value is -1.21. The molecule has 0 fully saturated rings. The lowest BCUT2D eigenvalue weighted by molar-refractivity contribution is 0.202. The van der Waals surface area contributed by atoms with E-state index in [1.165, 1.54) is 7.05 Å². The lowest BCUT2D eigenvalue weighted by atomic mass is 10.3. The standard InChI is InChI=1S/C10H11BrF2N2O2/c1-15(2-3-16)10(17)14-9-7(12)4-6(11)5-8(9)13/h4-5,16H,2-3H2,1H3,(H,14,17). The molecule has 0 aromatic heterocycles. The van der Waals surface area contributed by atoms with E-state index < -0.39 is 23.4 Å². The molecule has 0 atom stereocenters. The van der Waals surface area contributed by atoms with Crippen LogP contribution in [-0.4, -0.2) is 36.2 Å². The molecule has 7 heteroatoms. The first-order chi connectivity index (χ1) is 7.95. The normalized spacial score (nSPS) is 10.2. The first-order valence-corrected chi connectivity index (χ1v) is 5.52. The molecule has 0 aliphatic carbocycles. The fourth-order valence-corrected chi connectivity index (χ4v) is 1.52. The summed E-state index contributed by atoms with van der Waals surface area (Å²) in [6.45, 7) is -0.152. The number of nitrogens with zero attached hydrogens (tertiary/aromatic N) is 1. The van der Waals surface area contributed by atoms with Crippen molar-refractivity contribution < 1.29 is 18.7 Å². The fraction of sp³-hybridized carbons (Fsp3) is 0.300. The molecule has 0 bridgehead atoms. The van der Waals surface area contributed by atoms with Gasteiger partial charge in [0.1, 0.15) is 5.69 Å². The number of halogens is 3. The average Bonchev–Trinajstić information content (AvgIpc) is 2.23. The van der Waals surface area contributed by atoms with Gasteiger partial charge in [-0.15, -0.1) is 0 Å². The minimum absolute atomic E-state index is 0.0750. The van der Waals surface area contributed by atoms with E-state index in [0.29, 0.717) is 0 Å². The van der Waals surface area contributed by atoms with E-state index in [4.69, 9.17) is 5.11 Å². The Morgan fingerprint density at radius 1 is 1.47 bits per heavy atom. The molecule has 0 spiro atoms. The zero-order valence-corrected chi connectivity index (χ0v) is 10.6. The molecule has 4 nitrogen and oxygen atoms in total. The van der Waals surface area contributed by atoms with Crippen LogP contribution in [-0.2, 0) is 0 Å². The van der Waals surface area contributed by atoms with E-state index in [2.05, 4.69) is 21.2 Å². The molecule has 1 rings (SSSR count). The zero-order chi connectivity index (χ0) is 13.0. The molecule has 0 aliphatic heterocycles. The summed E-state index contributed by atoms with van der Waals surface area (Å²) in [5, 5.41) is 10.7. The largest absolute Gasteiger partial charge is 0.395 e.